The summed E-state index contributed by atoms with van der Waals surface area (Å²) in [6.45, 7) is 0.641. The van der Waals surface area contributed by atoms with Gasteiger partial charge in [-0.25, -0.2) is 4.39 Å². The van der Waals surface area contributed by atoms with Crippen LogP contribution in [-0.2, 0) is 4.79 Å². The van der Waals surface area contributed by atoms with Gasteiger partial charge in [0.15, 0.2) is 11.6 Å². The van der Waals surface area contributed by atoms with Crippen LogP contribution >= 0.6 is 11.8 Å². The van der Waals surface area contributed by atoms with Crippen molar-refractivity contribution in [2.45, 2.75) is 11.7 Å². The van der Waals surface area contributed by atoms with Gasteiger partial charge in [0.05, 0.1) is 5.69 Å². The van der Waals surface area contributed by atoms with Crippen LogP contribution in [0.5, 0.6) is 5.75 Å². The fourth-order valence-corrected chi connectivity index (χ4v) is 2.52. The zero-order valence-corrected chi connectivity index (χ0v) is 10.8. The molecule has 1 aromatic rings. The van der Waals surface area contributed by atoms with Gasteiger partial charge in [0.2, 0.25) is 0 Å². The normalized spacial score (nSPS) is 18.9. The second-order valence-electron chi connectivity index (χ2n) is 3.86. The van der Waals surface area contributed by atoms with Crippen LogP contribution in [0.25, 0.3) is 0 Å². The van der Waals surface area contributed by atoms with E-state index >= 15 is 0 Å². The number of rotatable bonds is 3. The molecule has 4 nitrogen and oxygen atoms in total. The first-order chi connectivity index (χ1) is 9.37. The van der Waals surface area contributed by atoms with E-state index < -0.39 is 29.2 Å². The Morgan fingerprint density at radius 1 is 1.45 bits per heavy atom. The number of hydrogen-bond acceptors (Lipinski definition) is 4. The summed E-state index contributed by atoms with van der Waals surface area (Å²) in [6, 6.07) is 3.16. The molecule has 20 heavy (non-hydrogen) atoms. The smallest absolute Gasteiger partial charge is 0.403 e. The summed E-state index contributed by atoms with van der Waals surface area (Å²) in [4.78, 5) is 11.7. The fourth-order valence-electron chi connectivity index (χ4n) is 1.60. The van der Waals surface area contributed by atoms with Crippen molar-refractivity contribution >= 4 is 23.4 Å². The van der Waals surface area contributed by atoms with E-state index in [-0.39, 0.29) is 5.69 Å². The predicted molar refractivity (Wildman–Crippen MR) is 66.0 cm³/mol. The zero-order valence-electron chi connectivity index (χ0n) is 9.96. The lowest BCUT2D eigenvalue weighted by Gasteiger charge is -2.14. The van der Waals surface area contributed by atoms with Gasteiger partial charge >= 0.3 is 6.36 Å². The summed E-state index contributed by atoms with van der Waals surface area (Å²) in [6.07, 6.45) is -4.99. The van der Waals surface area contributed by atoms with Crippen molar-refractivity contribution in [1.82, 2.24) is 5.32 Å². The largest absolute Gasteiger partial charge is 0.573 e. The lowest BCUT2D eigenvalue weighted by molar-refractivity contribution is -0.275. The number of carbonyl (C=O) groups excluding carboxylic acids is 1. The Balaban J connectivity index is 2.12. The van der Waals surface area contributed by atoms with Crippen LogP contribution in [0.15, 0.2) is 18.2 Å². The average molecular weight is 310 g/mol. The molecule has 0 aliphatic carbocycles. The number of ether oxygens (including phenoxy) is 1. The summed E-state index contributed by atoms with van der Waals surface area (Å²) in [5, 5.41) is 4.56. The number of benzene rings is 1. The van der Waals surface area contributed by atoms with Gasteiger partial charge < -0.3 is 10.1 Å². The summed E-state index contributed by atoms with van der Waals surface area (Å²) >= 11 is 1.33. The summed E-state index contributed by atoms with van der Waals surface area (Å²) in [5.41, 5.74) is -0.356. The Hall–Kier alpha value is -1.48. The molecule has 1 fully saturated rings. The van der Waals surface area contributed by atoms with Crippen LogP contribution in [0.3, 0.4) is 0 Å². The van der Waals surface area contributed by atoms with E-state index in [1.807, 2.05) is 0 Å². The maximum atomic E-state index is 13.8. The lowest BCUT2D eigenvalue weighted by atomic mass is 10.2. The molecule has 9 heteroatoms. The molecule has 1 aliphatic heterocycles. The van der Waals surface area contributed by atoms with Crippen LogP contribution in [-0.4, -0.2) is 29.9 Å². The molecule has 0 aromatic heterocycles. The van der Waals surface area contributed by atoms with Crippen LogP contribution in [0.1, 0.15) is 0 Å². The Kier molecular flexibility index (Phi) is 4.39. The van der Waals surface area contributed by atoms with Crippen LogP contribution < -0.4 is 15.4 Å². The van der Waals surface area contributed by atoms with Crippen molar-refractivity contribution in [1.29, 1.82) is 0 Å². The Morgan fingerprint density at radius 3 is 2.80 bits per heavy atom. The second-order valence-corrected chi connectivity index (χ2v) is 5.07. The number of amides is 1. The monoisotopic (exact) mass is 310 g/mol. The second kappa shape index (κ2) is 5.88. The predicted octanol–water partition coefficient (Wildman–Crippen LogP) is 2.33. The number of thioether (sulfide) groups is 1. The van der Waals surface area contributed by atoms with E-state index in [4.69, 9.17) is 0 Å². The van der Waals surface area contributed by atoms with Crippen LogP contribution in [0, 0.1) is 5.82 Å². The number of alkyl halides is 3. The minimum absolute atomic E-state index is 0.356. The molecule has 1 aliphatic rings. The van der Waals surface area contributed by atoms with E-state index in [1.54, 1.807) is 0 Å². The summed E-state index contributed by atoms with van der Waals surface area (Å²) in [7, 11) is 0. The summed E-state index contributed by atoms with van der Waals surface area (Å²) in [5.74, 6) is -2.03. The highest BCUT2D eigenvalue weighted by Crippen LogP contribution is 2.30. The van der Waals surface area contributed by atoms with Gasteiger partial charge in [-0.15, -0.1) is 24.9 Å². The molecular formula is C11H10F4N2O2S. The van der Waals surface area contributed by atoms with E-state index in [9.17, 15) is 22.4 Å². The SMILES string of the molecule is O=C(Nc1cccc(OC(F)(F)F)c1F)C1NCCS1. The van der Waals surface area contributed by atoms with Gasteiger partial charge in [-0.05, 0) is 12.1 Å². The third kappa shape index (κ3) is 3.76. The number of anilines is 1. The van der Waals surface area contributed by atoms with Gasteiger partial charge in [0, 0.05) is 12.3 Å². The molecule has 1 unspecified atom stereocenters. The quantitative estimate of drug-likeness (QED) is 0.841. The Bertz CT molecular complexity index is 504. The minimum Gasteiger partial charge on any atom is -0.403 e. The van der Waals surface area contributed by atoms with Gasteiger partial charge in [0.1, 0.15) is 5.37 Å². The number of hydrogen-bond donors (Lipinski definition) is 2. The molecule has 2 rings (SSSR count). The first-order valence-electron chi connectivity index (χ1n) is 5.57. The minimum atomic E-state index is -4.99. The zero-order chi connectivity index (χ0) is 14.8. The van der Waals surface area contributed by atoms with Gasteiger partial charge in [-0.1, -0.05) is 6.07 Å². The molecule has 1 amide bonds. The maximum Gasteiger partial charge on any atom is 0.573 e. The first kappa shape index (κ1) is 14.9. The van der Waals surface area contributed by atoms with E-state index in [0.717, 1.165) is 24.0 Å². The molecule has 1 atom stereocenters. The molecule has 1 aromatic carbocycles. The summed E-state index contributed by atoms with van der Waals surface area (Å²) < 4.78 is 53.5. The maximum absolute atomic E-state index is 13.8. The number of nitrogens with one attached hydrogen (secondary N) is 2. The van der Waals surface area contributed by atoms with Crippen molar-refractivity contribution in [3.8, 4) is 5.75 Å². The Labute approximate surface area is 115 Å². The Morgan fingerprint density at radius 2 is 2.20 bits per heavy atom. The number of carbonyl (C=O) groups is 1. The first-order valence-corrected chi connectivity index (χ1v) is 6.62. The van der Waals surface area contributed by atoms with Crippen molar-refractivity contribution in [2.24, 2.45) is 0 Å². The molecule has 1 saturated heterocycles. The molecule has 0 spiro atoms. The van der Waals surface area contributed by atoms with E-state index in [0.29, 0.717) is 6.54 Å². The van der Waals surface area contributed by atoms with Crippen molar-refractivity contribution in [3.05, 3.63) is 24.0 Å². The molecule has 1 heterocycles. The fraction of sp³-hybridized carbons (Fsp3) is 0.364. The highest BCUT2D eigenvalue weighted by molar-refractivity contribution is 8.00. The molecule has 0 saturated carbocycles. The topological polar surface area (TPSA) is 50.4 Å². The van der Waals surface area contributed by atoms with E-state index in [1.165, 1.54) is 11.8 Å². The third-order valence-corrected chi connectivity index (χ3v) is 3.56. The van der Waals surface area contributed by atoms with Crippen molar-refractivity contribution in [3.63, 3.8) is 0 Å². The van der Waals surface area contributed by atoms with Crippen LogP contribution in [0.2, 0.25) is 0 Å². The standard InChI is InChI=1S/C11H10F4N2O2S/c12-8-6(17-9(18)10-16-4-5-20-10)2-1-3-7(8)19-11(13,14)15/h1-3,10,16H,4-5H2,(H,17,18). The average Bonchev–Trinajstić information content (AvgIpc) is 2.86. The highest BCUT2D eigenvalue weighted by atomic mass is 32.2. The number of halogens is 4. The van der Waals surface area contributed by atoms with Crippen molar-refractivity contribution < 1.29 is 27.1 Å². The van der Waals surface area contributed by atoms with Crippen molar-refractivity contribution in [2.75, 3.05) is 17.6 Å². The van der Waals surface area contributed by atoms with Gasteiger partial charge in [0.25, 0.3) is 5.91 Å². The third-order valence-electron chi connectivity index (χ3n) is 2.40. The lowest BCUT2D eigenvalue weighted by Crippen LogP contribution is -2.34. The molecule has 110 valence electrons. The molecule has 0 bridgehead atoms. The molecule has 0 radical (unpaired) electrons. The van der Waals surface area contributed by atoms with E-state index in [2.05, 4.69) is 15.4 Å². The van der Waals surface area contributed by atoms with Gasteiger partial charge in [-0.2, -0.15) is 0 Å². The molecule has 2 N–H and O–H groups in total. The van der Waals surface area contributed by atoms with Gasteiger partial charge in [-0.3, -0.25) is 10.1 Å². The molecular weight excluding hydrogens is 300 g/mol. The highest BCUT2D eigenvalue weighted by Gasteiger charge is 2.33. The van der Waals surface area contributed by atoms with Crippen LogP contribution in [0.4, 0.5) is 23.2 Å².